The summed E-state index contributed by atoms with van der Waals surface area (Å²) in [7, 11) is 0. The zero-order valence-corrected chi connectivity index (χ0v) is 11.9. The quantitative estimate of drug-likeness (QED) is 0.853. The number of amides is 1. The summed E-state index contributed by atoms with van der Waals surface area (Å²) >= 11 is 11.8. The van der Waals surface area contributed by atoms with E-state index in [0.717, 1.165) is 5.56 Å². The Kier molecular flexibility index (Phi) is 4.86. The van der Waals surface area contributed by atoms with Gasteiger partial charge in [-0.25, -0.2) is 0 Å². The van der Waals surface area contributed by atoms with Crippen LogP contribution in [0, 0.1) is 0 Å². The van der Waals surface area contributed by atoms with Gasteiger partial charge >= 0.3 is 0 Å². The first-order valence-corrected chi connectivity index (χ1v) is 6.91. The molecule has 1 aromatic carbocycles. The van der Waals surface area contributed by atoms with Gasteiger partial charge in [0.25, 0.3) is 0 Å². The molecule has 1 fully saturated rings. The van der Waals surface area contributed by atoms with Gasteiger partial charge in [-0.2, -0.15) is 0 Å². The molecule has 0 unspecified atom stereocenters. The van der Waals surface area contributed by atoms with Gasteiger partial charge in [-0.15, -0.1) is 0 Å². The SMILES string of the molecule is O=C(/C=C/c1cc(Cl)cc(Cl)c1)N1CCC(O)CC1. The molecule has 19 heavy (non-hydrogen) atoms. The number of halogens is 2. The van der Waals surface area contributed by atoms with Crippen LogP contribution in [-0.4, -0.2) is 35.1 Å². The van der Waals surface area contributed by atoms with Crippen molar-refractivity contribution < 1.29 is 9.90 Å². The van der Waals surface area contributed by atoms with Crippen molar-refractivity contribution in [1.82, 2.24) is 4.90 Å². The Labute approximate surface area is 122 Å². The predicted molar refractivity (Wildman–Crippen MR) is 77.3 cm³/mol. The summed E-state index contributed by atoms with van der Waals surface area (Å²) in [6, 6.07) is 5.14. The third-order valence-electron chi connectivity index (χ3n) is 3.08. The molecule has 1 heterocycles. The lowest BCUT2D eigenvalue weighted by Crippen LogP contribution is -2.39. The second kappa shape index (κ2) is 6.42. The molecule has 1 N–H and O–H groups in total. The van der Waals surface area contributed by atoms with E-state index in [1.807, 2.05) is 0 Å². The highest BCUT2D eigenvalue weighted by Crippen LogP contribution is 2.20. The van der Waals surface area contributed by atoms with E-state index in [1.54, 1.807) is 29.2 Å². The monoisotopic (exact) mass is 299 g/mol. The highest BCUT2D eigenvalue weighted by atomic mass is 35.5. The number of nitrogens with zero attached hydrogens (tertiary/aromatic N) is 1. The molecule has 1 aliphatic heterocycles. The Morgan fingerprint density at radius 3 is 2.37 bits per heavy atom. The zero-order chi connectivity index (χ0) is 13.8. The van der Waals surface area contributed by atoms with E-state index in [0.29, 0.717) is 36.0 Å². The number of aliphatic hydroxyl groups excluding tert-OH is 1. The smallest absolute Gasteiger partial charge is 0.246 e. The van der Waals surface area contributed by atoms with Gasteiger partial charge in [0.2, 0.25) is 5.91 Å². The van der Waals surface area contributed by atoms with Crippen LogP contribution in [0.15, 0.2) is 24.3 Å². The normalized spacial score (nSPS) is 17.1. The molecule has 5 heteroatoms. The number of aliphatic hydroxyl groups is 1. The van der Waals surface area contributed by atoms with Gasteiger partial charge in [0.1, 0.15) is 0 Å². The molecule has 0 atom stereocenters. The van der Waals surface area contributed by atoms with E-state index in [9.17, 15) is 9.90 Å². The minimum Gasteiger partial charge on any atom is -0.393 e. The van der Waals surface area contributed by atoms with Gasteiger partial charge in [-0.3, -0.25) is 4.79 Å². The average Bonchev–Trinajstić information content (AvgIpc) is 2.36. The van der Waals surface area contributed by atoms with Crippen molar-refractivity contribution >= 4 is 35.2 Å². The third kappa shape index (κ3) is 4.23. The molecule has 1 amide bonds. The van der Waals surface area contributed by atoms with Crippen LogP contribution >= 0.6 is 23.2 Å². The number of hydrogen-bond donors (Lipinski definition) is 1. The van der Waals surface area contributed by atoms with Gasteiger partial charge in [0.15, 0.2) is 0 Å². The molecular formula is C14H15Cl2NO2. The summed E-state index contributed by atoms with van der Waals surface area (Å²) in [5, 5.41) is 10.5. The highest BCUT2D eigenvalue weighted by Gasteiger charge is 2.19. The fourth-order valence-electron chi connectivity index (χ4n) is 2.03. The largest absolute Gasteiger partial charge is 0.393 e. The lowest BCUT2D eigenvalue weighted by Gasteiger charge is -2.28. The maximum absolute atomic E-state index is 11.9. The fourth-order valence-corrected chi connectivity index (χ4v) is 2.57. The predicted octanol–water partition coefficient (Wildman–Crippen LogP) is 2.99. The van der Waals surface area contributed by atoms with Crippen LogP contribution in [0.25, 0.3) is 6.08 Å². The lowest BCUT2D eigenvalue weighted by molar-refractivity contribution is -0.127. The fraction of sp³-hybridized carbons (Fsp3) is 0.357. The van der Waals surface area contributed by atoms with Crippen molar-refractivity contribution in [2.45, 2.75) is 18.9 Å². The Hall–Kier alpha value is -1.03. The second-order valence-electron chi connectivity index (χ2n) is 4.59. The summed E-state index contributed by atoms with van der Waals surface area (Å²) in [5.74, 6) is -0.0528. The first kappa shape index (κ1) is 14.4. The molecule has 0 spiro atoms. The number of carbonyl (C=O) groups is 1. The van der Waals surface area contributed by atoms with E-state index in [2.05, 4.69) is 0 Å². The molecule has 0 aliphatic carbocycles. The van der Waals surface area contributed by atoms with Crippen LogP contribution in [0.3, 0.4) is 0 Å². The Morgan fingerprint density at radius 2 is 1.79 bits per heavy atom. The van der Waals surface area contributed by atoms with E-state index < -0.39 is 0 Å². The Bertz CT molecular complexity index is 474. The molecule has 0 bridgehead atoms. The third-order valence-corrected chi connectivity index (χ3v) is 3.52. The first-order valence-electron chi connectivity index (χ1n) is 6.16. The van der Waals surface area contributed by atoms with E-state index in [-0.39, 0.29) is 12.0 Å². The van der Waals surface area contributed by atoms with E-state index in [4.69, 9.17) is 23.2 Å². The van der Waals surface area contributed by atoms with Crippen LogP contribution in [0.5, 0.6) is 0 Å². The molecule has 2 rings (SSSR count). The topological polar surface area (TPSA) is 40.5 Å². The molecule has 3 nitrogen and oxygen atoms in total. The second-order valence-corrected chi connectivity index (χ2v) is 5.47. The lowest BCUT2D eigenvalue weighted by atomic mass is 10.1. The number of benzene rings is 1. The molecule has 0 saturated carbocycles. The molecule has 1 aromatic rings. The van der Waals surface area contributed by atoms with Gasteiger partial charge in [0.05, 0.1) is 6.10 Å². The molecule has 1 aliphatic rings. The number of rotatable bonds is 2. The Balaban J connectivity index is 1.99. The van der Waals surface area contributed by atoms with Crippen molar-refractivity contribution in [2.24, 2.45) is 0 Å². The van der Waals surface area contributed by atoms with Gasteiger partial charge in [-0.1, -0.05) is 23.2 Å². The summed E-state index contributed by atoms with van der Waals surface area (Å²) in [4.78, 5) is 13.7. The van der Waals surface area contributed by atoms with E-state index in [1.165, 1.54) is 6.08 Å². The van der Waals surface area contributed by atoms with Crippen molar-refractivity contribution in [1.29, 1.82) is 0 Å². The molecule has 102 valence electrons. The van der Waals surface area contributed by atoms with Crippen molar-refractivity contribution in [2.75, 3.05) is 13.1 Å². The highest BCUT2D eigenvalue weighted by molar-refractivity contribution is 6.34. The van der Waals surface area contributed by atoms with Crippen LogP contribution in [0.4, 0.5) is 0 Å². The number of hydrogen-bond acceptors (Lipinski definition) is 2. The zero-order valence-electron chi connectivity index (χ0n) is 10.4. The molecule has 0 aromatic heterocycles. The summed E-state index contributed by atoms with van der Waals surface area (Å²) in [5.41, 5.74) is 0.794. The van der Waals surface area contributed by atoms with Crippen LogP contribution in [0.1, 0.15) is 18.4 Å². The molecular weight excluding hydrogens is 285 g/mol. The van der Waals surface area contributed by atoms with Crippen molar-refractivity contribution in [3.8, 4) is 0 Å². The number of carbonyl (C=O) groups excluding carboxylic acids is 1. The first-order chi connectivity index (χ1) is 9.04. The maximum atomic E-state index is 11.9. The standard InChI is InChI=1S/C14H15Cl2NO2/c15-11-7-10(8-12(16)9-11)1-2-14(19)17-5-3-13(18)4-6-17/h1-2,7-9,13,18H,3-6H2/b2-1+. The molecule has 1 saturated heterocycles. The minimum absolute atomic E-state index is 0.0528. The molecule has 0 radical (unpaired) electrons. The number of likely N-dealkylation sites (tertiary alicyclic amines) is 1. The van der Waals surface area contributed by atoms with Crippen LogP contribution in [-0.2, 0) is 4.79 Å². The summed E-state index contributed by atoms with van der Waals surface area (Å²) < 4.78 is 0. The van der Waals surface area contributed by atoms with Gasteiger partial charge in [-0.05, 0) is 42.7 Å². The minimum atomic E-state index is -0.278. The van der Waals surface area contributed by atoms with Gasteiger partial charge < -0.3 is 10.0 Å². The van der Waals surface area contributed by atoms with Crippen molar-refractivity contribution in [3.05, 3.63) is 39.9 Å². The van der Waals surface area contributed by atoms with Gasteiger partial charge in [0, 0.05) is 29.2 Å². The number of piperidine rings is 1. The van der Waals surface area contributed by atoms with Crippen LogP contribution < -0.4 is 0 Å². The summed E-state index contributed by atoms with van der Waals surface area (Å²) in [6.45, 7) is 1.20. The average molecular weight is 300 g/mol. The van der Waals surface area contributed by atoms with E-state index >= 15 is 0 Å². The van der Waals surface area contributed by atoms with Crippen molar-refractivity contribution in [3.63, 3.8) is 0 Å². The van der Waals surface area contributed by atoms with Crippen LogP contribution in [0.2, 0.25) is 10.0 Å². The summed E-state index contributed by atoms with van der Waals surface area (Å²) in [6.07, 6.45) is 4.22. The maximum Gasteiger partial charge on any atom is 0.246 e. The Morgan fingerprint density at radius 1 is 1.21 bits per heavy atom.